The molecular weight excluding hydrogens is 545 g/mol. The molecule has 2 bridgehead atoms. The number of aliphatic carboxylic acids is 1. The summed E-state index contributed by atoms with van der Waals surface area (Å²) in [7, 11) is 0. The van der Waals surface area contributed by atoms with Gasteiger partial charge in [0.25, 0.3) is 5.92 Å². The number of carboxylic acid groups (broad SMARTS) is 1. The molecule has 0 aliphatic carbocycles. The second kappa shape index (κ2) is 11.1. The third kappa shape index (κ3) is 5.36. The number of nitrogens with zero attached hydrogens (tertiary/aromatic N) is 3. The lowest BCUT2D eigenvalue weighted by molar-refractivity contribution is -0.140. The van der Waals surface area contributed by atoms with Gasteiger partial charge in [0.05, 0.1) is 18.2 Å². The number of benzene rings is 1. The summed E-state index contributed by atoms with van der Waals surface area (Å²) in [6.45, 7) is 1.64. The van der Waals surface area contributed by atoms with Crippen LogP contribution in [0.25, 0.3) is 0 Å². The summed E-state index contributed by atoms with van der Waals surface area (Å²) in [4.78, 5) is 35.4. The number of terminal acetylenes is 1. The summed E-state index contributed by atoms with van der Waals surface area (Å²) in [5.74, 6) is -2.90. The number of hydrogen-bond donors (Lipinski definition) is 2. The van der Waals surface area contributed by atoms with Crippen LogP contribution in [0.4, 0.5) is 13.2 Å². The molecule has 0 radical (unpaired) electrons. The standard InChI is InChI=1S/C28H27F3N4O4S/c1-3-16-12-17(29)5-6-19(16)24-23(27(38)39-4-2)20(33-25(34-24)26-32-7-8-40-26)14-35-18-9-15(11-22(36)37)10-21(35)28(30,31)13-18/h1,5-8,12,15,18,21,24H,4,9-11,13-14H2,2H3,(H,33,34)(H,36,37)/t15-,18+,21-,24?/m0/s1. The van der Waals surface area contributed by atoms with Crippen LogP contribution >= 0.6 is 11.3 Å². The first-order valence-electron chi connectivity index (χ1n) is 12.9. The van der Waals surface area contributed by atoms with Crippen LogP contribution in [0, 0.1) is 24.1 Å². The maximum Gasteiger partial charge on any atom is 0.338 e. The number of nitrogens with one attached hydrogen (secondary N) is 1. The highest BCUT2D eigenvalue weighted by Crippen LogP contribution is 2.49. The molecule has 8 nitrogen and oxygen atoms in total. The molecule has 2 aromatic rings. The van der Waals surface area contributed by atoms with Crippen molar-refractivity contribution < 1.29 is 32.6 Å². The average molecular weight is 573 g/mol. The molecule has 2 saturated heterocycles. The number of rotatable bonds is 8. The van der Waals surface area contributed by atoms with Gasteiger partial charge < -0.3 is 15.2 Å². The number of thiazole rings is 1. The third-order valence-electron chi connectivity index (χ3n) is 7.55. The van der Waals surface area contributed by atoms with E-state index in [4.69, 9.17) is 16.2 Å². The van der Waals surface area contributed by atoms with Gasteiger partial charge in [0.1, 0.15) is 11.9 Å². The van der Waals surface area contributed by atoms with E-state index in [1.165, 1.54) is 29.5 Å². The fourth-order valence-corrected chi connectivity index (χ4v) is 6.55. The van der Waals surface area contributed by atoms with Crippen molar-refractivity contribution in [2.24, 2.45) is 10.9 Å². The number of esters is 1. The highest BCUT2D eigenvalue weighted by atomic mass is 32.1. The molecule has 0 spiro atoms. The van der Waals surface area contributed by atoms with Gasteiger partial charge in [-0.3, -0.25) is 14.7 Å². The fraction of sp³-hybridized carbons (Fsp3) is 0.429. The number of aliphatic imine (C=N–C) groups is 1. The first-order chi connectivity index (χ1) is 19.1. The van der Waals surface area contributed by atoms with Gasteiger partial charge in [-0.15, -0.1) is 17.8 Å². The summed E-state index contributed by atoms with van der Waals surface area (Å²) in [5, 5.41) is 14.7. The summed E-state index contributed by atoms with van der Waals surface area (Å²) < 4.78 is 49.8. The molecule has 0 amide bonds. The van der Waals surface area contributed by atoms with Crippen LogP contribution in [0.2, 0.25) is 0 Å². The molecule has 1 unspecified atom stereocenters. The third-order valence-corrected chi connectivity index (χ3v) is 8.33. The second-order valence-electron chi connectivity index (χ2n) is 10.1. The lowest BCUT2D eigenvalue weighted by atomic mass is 9.87. The highest BCUT2D eigenvalue weighted by molar-refractivity contribution is 7.11. The zero-order valence-corrected chi connectivity index (χ0v) is 22.4. The monoisotopic (exact) mass is 572 g/mol. The van der Waals surface area contributed by atoms with Crippen molar-refractivity contribution in [2.45, 2.75) is 56.7 Å². The van der Waals surface area contributed by atoms with E-state index in [1.54, 1.807) is 23.4 Å². The molecule has 40 heavy (non-hydrogen) atoms. The van der Waals surface area contributed by atoms with E-state index < -0.39 is 48.2 Å². The Bertz CT molecular complexity index is 1420. The van der Waals surface area contributed by atoms with Crippen LogP contribution in [0.1, 0.15) is 54.8 Å². The number of piperidine rings is 1. The average Bonchev–Trinajstić information content (AvgIpc) is 3.48. The van der Waals surface area contributed by atoms with E-state index in [0.717, 1.165) is 0 Å². The van der Waals surface area contributed by atoms with Crippen LogP contribution in [-0.4, -0.2) is 63.9 Å². The fourth-order valence-electron chi connectivity index (χ4n) is 5.96. The molecule has 2 fully saturated rings. The predicted octanol–water partition coefficient (Wildman–Crippen LogP) is 4.13. The van der Waals surface area contributed by atoms with Gasteiger partial charge in [-0.25, -0.2) is 22.9 Å². The topological polar surface area (TPSA) is 104 Å². The van der Waals surface area contributed by atoms with Crippen LogP contribution in [0.15, 0.2) is 46.0 Å². The number of aromatic nitrogens is 1. The minimum absolute atomic E-state index is 0.0217. The molecule has 1 aromatic heterocycles. The second-order valence-corrected chi connectivity index (χ2v) is 11.0. The molecule has 3 aliphatic rings. The van der Waals surface area contributed by atoms with Crippen molar-refractivity contribution in [3.05, 3.63) is 63.0 Å². The first kappa shape index (κ1) is 27.9. The lowest BCUT2D eigenvalue weighted by Gasteiger charge is -2.40. The van der Waals surface area contributed by atoms with E-state index in [1.807, 2.05) is 0 Å². The van der Waals surface area contributed by atoms with Gasteiger partial charge in [-0.1, -0.05) is 12.0 Å². The van der Waals surface area contributed by atoms with Crippen molar-refractivity contribution >= 4 is 29.1 Å². The zero-order valence-electron chi connectivity index (χ0n) is 21.6. The predicted molar refractivity (Wildman–Crippen MR) is 141 cm³/mol. The summed E-state index contributed by atoms with van der Waals surface area (Å²) in [6, 6.07) is 1.06. The van der Waals surface area contributed by atoms with E-state index in [9.17, 15) is 19.1 Å². The SMILES string of the molecule is C#Cc1cc(F)ccc1C1N=C(c2nccs2)NC(CN2[C@@H]3C[C@H](CC(=O)O)C[C@H]2C(F)(F)C3)=C1C(=O)OCC. The molecule has 2 N–H and O–H groups in total. The van der Waals surface area contributed by atoms with Crippen LogP contribution in [0.5, 0.6) is 0 Å². The van der Waals surface area contributed by atoms with Gasteiger partial charge in [0.2, 0.25) is 0 Å². The number of carbonyl (C=O) groups excluding carboxylic acids is 1. The Kier molecular flexibility index (Phi) is 7.70. The molecule has 4 atom stereocenters. The normalized spacial score (nSPS) is 25.6. The van der Waals surface area contributed by atoms with Crippen molar-refractivity contribution in [3.8, 4) is 12.3 Å². The summed E-state index contributed by atoms with van der Waals surface area (Å²) in [5.41, 5.74) is 0.964. The minimum atomic E-state index is -3.02. The van der Waals surface area contributed by atoms with E-state index in [2.05, 4.69) is 16.2 Å². The molecule has 3 aliphatic heterocycles. The van der Waals surface area contributed by atoms with Crippen molar-refractivity contribution in [1.82, 2.24) is 15.2 Å². The number of alkyl halides is 2. The van der Waals surface area contributed by atoms with E-state index >= 15 is 8.78 Å². The quantitative estimate of drug-likeness (QED) is 0.362. The Labute approximate surface area is 233 Å². The molecule has 210 valence electrons. The van der Waals surface area contributed by atoms with Gasteiger partial charge in [-0.05, 0) is 43.4 Å². The number of carboxylic acids is 1. The zero-order chi connectivity index (χ0) is 28.6. The number of halogens is 3. The maximum absolute atomic E-state index is 15.2. The van der Waals surface area contributed by atoms with Gasteiger partial charge in [0, 0.05) is 48.3 Å². The lowest BCUT2D eigenvalue weighted by Crippen LogP contribution is -2.50. The molecule has 5 rings (SSSR count). The Morgan fingerprint density at radius 1 is 1.35 bits per heavy atom. The summed E-state index contributed by atoms with van der Waals surface area (Å²) in [6.07, 6.45) is 7.03. The van der Waals surface area contributed by atoms with Crippen LogP contribution in [0.3, 0.4) is 0 Å². The van der Waals surface area contributed by atoms with Crippen molar-refractivity contribution in [2.75, 3.05) is 13.2 Å². The number of carbonyl (C=O) groups is 2. The van der Waals surface area contributed by atoms with E-state index in [0.29, 0.717) is 28.5 Å². The molecule has 0 saturated carbocycles. The number of fused-ring (bicyclic) bond motifs is 2. The molecule has 12 heteroatoms. The summed E-state index contributed by atoms with van der Waals surface area (Å²) >= 11 is 1.29. The van der Waals surface area contributed by atoms with Crippen LogP contribution in [-0.2, 0) is 14.3 Å². The van der Waals surface area contributed by atoms with Gasteiger partial charge >= 0.3 is 11.9 Å². The largest absolute Gasteiger partial charge is 0.481 e. The highest BCUT2D eigenvalue weighted by Gasteiger charge is 2.57. The number of hydrogen-bond acceptors (Lipinski definition) is 8. The first-order valence-corrected chi connectivity index (χ1v) is 13.8. The number of ether oxygens (including phenoxy) is 1. The smallest absolute Gasteiger partial charge is 0.338 e. The Balaban J connectivity index is 1.60. The Morgan fingerprint density at radius 3 is 2.80 bits per heavy atom. The van der Waals surface area contributed by atoms with Gasteiger partial charge in [0.15, 0.2) is 10.8 Å². The van der Waals surface area contributed by atoms with Crippen molar-refractivity contribution in [3.63, 3.8) is 0 Å². The maximum atomic E-state index is 15.2. The van der Waals surface area contributed by atoms with Crippen molar-refractivity contribution in [1.29, 1.82) is 0 Å². The van der Waals surface area contributed by atoms with Crippen LogP contribution < -0.4 is 5.32 Å². The minimum Gasteiger partial charge on any atom is -0.481 e. The van der Waals surface area contributed by atoms with E-state index in [-0.39, 0.29) is 43.0 Å². The molecule has 4 heterocycles. The molecular formula is C28H27F3N4O4S. The Hall–Kier alpha value is -3.69. The van der Waals surface area contributed by atoms with Gasteiger partial charge in [-0.2, -0.15) is 0 Å². The number of amidine groups is 1. The Morgan fingerprint density at radius 2 is 2.15 bits per heavy atom. The molecule has 1 aromatic carbocycles.